The van der Waals surface area contributed by atoms with Crippen molar-refractivity contribution in [3.63, 3.8) is 0 Å². The zero-order valence-corrected chi connectivity index (χ0v) is 18.4. The number of aliphatic hydroxyl groups is 1. The van der Waals surface area contributed by atoms with E-state index in [0.717, 1.165) is 4.90 Å². The predicted molar refractivity (Wildman–Crippen MR) is 109 cm³/mol. The molecule has 0 spiro atoms. The zero-order valence-electron chi connectivity index (χ0n) is 16.8. The molecule has 0 aromatic heterocycles. The normalized spacial score (nSPS) is 16.7. The number of hydroxylamine groups is 2. The van der Waals surface area contributed by atoms with Crippen LogP contribution in [0.25, 0.3) is 10.8 Å². The van der Waals surface area contributed by atoms with Gasteiger partial charge in [0.1, 0.15) is 0 Å². The minimum absolute atomic E-state index is 0.0462. The van der Waals surface area contributed by atoms with E-state index in [0.29, 0.717) is 43.0 Å². The third kappa shape index (κ3) is 5.02. The maximum Gasteiger partial charge on any atom is 0.525 e. The molecule has 0 radical (unpaired) electrons. The molecule has 1 unspecified atom stereocenters. The van der Waals surface area contributed by atoms with Crippen LogP contribution in [0.15, 0.2) is 35.2 Å². The highest BCUT2D eigenvalue weighted by Crippen LogP contribution is 2.41. The summed E-state index contributed by atoms with van der Waals surface area (Å²) in [5.41, 5.74) is -5.80. The number of alkyl halides is 3. The first kappa shape index (κ1) is 24.7. The molecule has 1 N–H and O–H groups in total. The first-order valence-corrected chi connectivity index (χ1v) is 11.8. The van der Waals surface area contributed by atoms with E-state index in [-0.39, 0.29) is 16.2 Å². The van der Waals surface area contributed by atoms with Crippen molar-refractivity contribution in [3.05, 3.63) is 41.5 Å². The monoisotopic (exact) mass is 495 g/mol. The number of aliphatic hydroxyl groups excluding tert-OH is 1. The summed E-state index contributed by atoms with van der Waals surface area (Å²) in [4.78, 5) is 13.4. The highest BCUT2D eigenvalue weighted by Gasteiger charge is 2.51. The Morgan fingerprint density at radius 1 is 1.12 bits per heavy atom. The van der Waals surface area contributed by atoms with Crippen molar-refractivity contribution in [3.8, 4) is 0 Å². The topological polar surface area (TPSA) is 102 Å². The summed E-state index contributed by atoms with van der Waals surface area (Å²) in [5.74, 6) is -0.620. The molecule has 0 fully saturated rings. The fourth-order valence-corrected chi connectivity index (χ4v) is 4.44. The second-order valence-corrected chi connectivity index (χ2v) is 9.17. The minimum atomic E-state index is -6.15. The number of halogens is 3. The van der Waals surface area contributed by atoms with Crippen molar-refractivity contribution in [2.45, 2.75) is 23.6 Å². The van der Waals surface area contributed by atoms with E-state index in [4.69, 9.17) is 9.47 Å². The van der Waals surface area contributed by atoms with Gasteiger partial charge in [-0.2, -0.15) is 26.7 Å². The molecule has 32 heavy (non-hydrogen) atoms. The largest absolute Gasteiger partial charge is 0.525 e. The van der Waals surface area contributed by atoms with Crippen LogP contribution in [0, 0.1) is 0 Å². The number of carbonyl (C=O) groups is 1. The first-order chi connectivity index (χ1) is 15.1. The smallest absolute Gasteiger partial charge is 0.379 e. The van der Waals surface area contributed by atoms with E-state index in [1.807, 2.05) is 6.92 Å². The van der Waals surface area contributed by atoms with Crippen molar-refractivity contribution in [1.29, 1.82) is 0 Å². The maximum absolute atomic E-state index is 12.7. The Morgan fingerprint density at radius 3 is 2.53 bits per heavy atom. The number of nitrogens with zero attached hydrogens (tertiary/aromatic N) is 1. The number of carbonyl (C=O) groups excluding carboxylic acids is 1. The highest BCUT2D eigenvalue weighted by atomic mass is 32.2. The minimum Gasteiger partial charge on any atom is -0.379 e. The molecule has 1 aliphatic rings. The molecule has 0 aliphatic carbocycles. The van der Waals surface area contributed by atoms with Crippen molar-refractivity contribution in [1.82, 2.24) is 5.06 Å². The molecule has 13 heteroatoms. The second-order valence-electron chi connectivity index (χ2n) is 6.52. The van der Waals surface area contributed by atoms with E-state index in [1.165, 1.54) is 30.0 Å². The highest BCUT2D eigenvalue weighted by molar-refractivity contribution is 7.99. The van der Waals surface area contributed by atoms with E-state index in [2.05, 4.69) is 4.28 Å². The molecule has 0 bridgehead atoms. The average molecular weight is 495 g/mol. The van der Waals surface area contributed by atoms with Crippen LogP contribution < -0.4 is 0 Å². The molecule has 176 valence electrons. The Bertz CT molecular complexity index is 1090. The number of amides is 1. The van der Waals surface area contributed by atoms with Gasteiger partial charge in [0.2, 0.25) is 0 Å². The Labute approximate surface area is 186 Å². The Morgan fingerprint density at radius 2 is 1.84 bits per heavy atom. The predicted octanol–water partition coefficient (Wildman–Crippen LogP) is 3.21. The standard InChI is InChI=1S/C19H20F3NO7S2/c1-2-28-8-9-29-10-11-31-15-7-6-14-16-12(15)4-3-5-13(16)17(24)23(18(14)25)30-32(26,27)19(20,21)22/h3-7,18,25H,2,8-11H2,1H3. The van der Waals surface area contributed by atoms with Crippen LogP contribution in [-0.4, -0.2) is 62.2 Å². The van der Waals surface area contributed by atoms with Crippen LogP contribution in [0.3, 0.4) is 0 Å². The van der Waals surface area contributed by atoms with Crippen LogP contribution in [0.5, 0.6) is 0 Å². The molecule has 1 atom stereocenters. The number of benzene rings is 2. The van der Waals surface area contributed by atoms with Crippen molar-refractivity contribution in [2.75, 3.05) is 32.2 Å². The third-order valence-electron chi connectivity index (χ3n) is 4.49. The van der Waals surface area contributed by atoms with Gasteiger partial charge in [-0.25, -0.2) is 0 Å². The molecule has 1 aliphatic heterocycles. The van der Waals surface area contributed by atoms with E-state index < -0.39 is 27.8 Å². The maximum atomic E-state index is 12.7. The summed E-state index contributed by atoms with van der Waals surface area (Å²) >= 11 is 1.43. The molecule has 8 nitrogen and oxygen atoms in total. The number of rotatable bonds is 10. The van der Waals surface area contributed by atoms with Gasteiger partial charge in [-0.05, 0) is 24.4 Å². The number of ether oxygens (including phenoxy) is 2. The van der Waals surface area contributed by atoms with Crippen LogP contribution in [0.4, 0.5) is 13.2 Å². The quantitative estimate of drug-likeness (QED) is 0.305. The van der Waals surface area contributed by atoms with Gasteiger partial charge in [-0.1, -0.05) is 18.2 Å². The fraction of sp³-hybridized carbons (Fsp3) is 0.421. The summed E-state index contributed by atoms with van der Waals surface area (Å²) < 4.78 is 75.4. The van der Waals surface area contributed by atoms with E-state index >= 15 is 0 Å². The Kier molecular flexibility index (Phi) is 7.68. The van der Waals surface area contributed by atoms with Crippen LogP contribution >= 0.6 is 11.8 Å². The van der Waals surface area contributed by atoms with Gasteiger partial charge in [0.25, 0.3) is 5.91 Å². The Balaban J connectivity index is 1.83. The van der Waals surface area contributed by atoms with E-state index in [9.17, 15) is 31.5 Å². The molecule has 1 amide bonds. The lowest BCUT2D eigenvalue weighted by atomic mass is 9.94. The van der Waals surface area contributed by atoms with Gasteiger partial charge in [0.05, 0.1) is 25.4 Å². The third-order valence-corrected chi connectivity index (χ3v) is 6.45. The number of thioether (sulfide) groups is 1. The van der Waals surface area contributed by atoms with E-state index in [1.54, 1.807) is 12.1 Å². The van der Waals surface area contributed by atoms with Gasteiger partial charge in [-0.15, -0.1) is 16.0 Å². The molecular weight excluding hydrogens is 475 g/mol. The molecule has 2 aromatic carbocycles. The van der Waals surface area contributed by atoms with Crippen molar-refractivity contribution in [2.24, 2.45) is 0 Å². The van der Waals surface area contributed by atoms with Gasteiger partial charge in [-0.3, -0.25) is 4.79 Å². The van der Waals surface area contributed by atoms with Crippen LogP contribution in [0.1, 0.15) is 29.1 Å². The van der Waals surface area contributed by atoms with Crippen LogP contribution in [-0.2, 0) is 23.9 Å². The van der Waals surface area contributed by atoms with Gasteiger partial charge < -0.3 is 14.6 Å². The van der Waals surface area contributed by atoms with Crippen molar-refractivity contribution < 1.29 is 45.2 Å². The molecular formula is C19H20F3NO7S2. The first-order valence-electron chi connectivity index (χ1n) is 9.45. The van der Waals surface area contributed by atoms with Crippen LogP contribution in [0.2, 0.25) is 0 Å². The zero-order chi connectivity index (χ0) is 23.5. The van der Waals surface area contributed by atoms with Gasteiger partial charge in [0.15, 0.2) is 6.23 Å². The van der Waals surface area contributed by atoms with Crippen molar-refractivity contribution >= 4 is 38.6 Å². The SMILES string of the molecule is CCOCCOCCSc1ccc2c3c(cccc13)C(=O)N(OS(=O)(=O)C(F)(F)F)C2O. The fourth-order valence-electron chi connectivity index (χ4n) is 3.08. The number of hydrogen-bond acceptors (Lipinski definition) is 8. The lowest BCUT2D eigenvalue weighted by Gasteiger charge is -2.32. The lowest BCUT2D eigenvalue weighted by molar-refractivity contribution is -0.151. The molecule has 0 saturated heterocycles. The summed E-state index contributed by atoms with van der Waals surface area (Å²) in [7, 11) is -6.15. The summed E-state index contributed by atoms with van der Waals surface area (Å²) in [6, 6.07) is 7.57. The molecule has 0 saturated carbocycles. The average Bonchev–Trinajstić information content (AvgIpc) is 2.74. The second kappa shape index (κ2) is 9.93. The molecule has 3 rings (SSSR count). The lowest BCUT2D eigenvalue weighted by Crippen LogP contribution is -2.42. The molecule has 1 heterocycles. The van der Waals surface area contributed by atoms with Gasteiger partial charge >= 0.3 is 15.6 Å². The number of hydrogen-bond donors (Lipinski definition) is 1. The summed E-state index contributed by atoms with van der Waals surface area (Å²) in [6.07, 6.45) is -2.04. The Hall–Kier alpha value is -1.90. The van der Waals surface area contributed by atoms with Gasteiger partial charge in [0, 0.05) is 28.2 Å². The summed E-state index contributed by atoms with van der Waals surface area (Å²) in [6.45, 7) is 3.88. The molecule has 2 aromatic rings. The summed E-state index contributed by atoms with van der Waals surface area (Å²) in [5, 5.41) is 11.2.